The van der Waals surface area contributed by atoms with Crippen molar-refractivity contribution in [2.45, 2.75) is 6.61 Å². The molecule has 0 atom stereocenters. The van der Waals surface area contributed by atoms with Crippen LogP contribution in [-0.4, -0.2) is 38.4 Å². The van der Waals surface area contributed by atoms with Gasteiger partial charge in [0, 0.05) is 5.56 Å². The molecule has 0 saturated heterocycles. The van der Waals surface area contributed by atoms with Crippen LogP contribution in [0.5, 0.6) is 5.75 Å². The lowest BCUT2D eigenvalue weighted by Gasteiger charge is -2.08. The highest BCUT2D eigenvalue weighted by atomic mass is 16.5. The van der Waals surface area contributed by atoms with E-state index in [-0.39, 0.29) is 12.2 Å². The van der Waals surface area contributed by atoms with Crippen LogP contribution >= 0.6 is 0 Å². The Morgan fingerprint density at radius 3 is 2.20 bits per heavy atom. The lowest BCUT2D eigenvalue weighted by Crippen LogP contribution is -2.15. The van der Waals surface area contributed by atoms with E-state index < -0.39 is 11.9 Å². The summed E-state index contributed by atoms with van der Waals surface area (Å²) in [4.78, 5) is 23.1. The van der Waals surface area contributed by atoms with Gasteiger partial charge in [0.2, 0.25) is 0 Å². The van der Waals surface area contributed by atoms with Gasteiger partial charge in [-0.3, -0.25) is 0 Å². The molecule has 1 aromatic carbocycles. The number of aliphatic hydroxyl groups is 1. The summed E-state index contributed by atoms with van der Waals surface area (Å²) in [6.07, 6.45) is 1.32. The van der Waals surface area contributed by atoms with E-state index in [4.69, 9.17) is 9.84 Å². The molecular formula is C14H16O6. The molecule has 0 amide bonds. The molecule has 0 aliphatic heterocycles. The van der Waals surface area contributed by atoms with Gasteiger partial charge in [0.25, 0.3) is 0 Å². The van der Waals surface area contributed by atoms with E-state index in [9.17, 15) is 9.59 Å². The number of hydrogen-bond acceptors (Lipinski definition) is 6. The lowest BCUT2D eigenvalue weighted by atomic mass is 10.1. The minimum atomic E-state index is -0.801. The van der Waals surface area contributed by atoms with Gasteiger partial charge in [-0.05, 0) is 17.7 Å². The molecule has 0 heterocycles. The molecule has 108 valence electrons. The van der Waals surface area contributed by atoms with Gasteiger partial charge in [-0.25, -0.2) is 9.59 Å². The molecule has 1 rings (SSSR count). The monoisotopic (exact) mass is 280 g/mol. The number of aliphatic hydroxyl groups excluding tert-OH is 1. The molecule has 6 heteroatoms. The van der Waals surface area contributed by atoms with Gasteiger partial charge in [-0.1, -0.05) is 12.1 Å². The quantitative estimate of drug-likeness (QED) is 0.374. The molecule has 0 unspecified atom stereocenters. The predicted octanol–water partition coefficient (Wildman–Crippen LogP) is 0.917. The first-order chi connectivity index (χ1) is 9.57. The number of methoxy groups -OCH3 is 3. The second kappa shape index (κ2) is 7.30. The van der Waals surface area contributed by atoms with Gasteiger partial charge in [-0.15, -0.1) is 0 Å². The van der Waals surface area contributed by atoms with E-state index in [0.29, 0.717) is 16.9 Å². The summed E-state index contributed by atoms with van der Waals surface area (Å²) in [5.74, 6) is -1.18. The normalized spacial score (nSPS) is 9.60. The first-order valence-electron chi connectivity index (χ1n) is 5.73. The minimum Gasteiger partial charge on any atom is -0.496 e. The van der Waals surface area contributed by atoms with E-state index in [0.717, 1.165) is 0 Å². The molecule has 0 bridgehead atoms. The number of ether oxygens (including phenoxy) is 3. The van der Waals surface area contributed by atoms with Crippen molar-refractivity contribution < 1.29 is 28.9 Å². The average molecular weight is 280 g/mol. The second-order valence-corrected chi connectivity index (χ2v) is 3.78. The van der Waals surface area contributed by atoms with Crippen molar-refractivity contribution in [3.8, 4) is 5.75 Å². The molecule has 1 N–H and O–H groups in total. The highest BCUT2D eigenvalue weighted by Crippen LogP contribution is 2.23. The van der Waals surface area contributed by atoms with Crippen LogP contribution in [0.4, 0.5) is 0 Å². The van der Waals surface area contributed by atoms with Crippen LogP contribution in [0.1, 0.15) is 11.1 Å². The van der Waals surface area contributed by atoms with Crippen LogP contribution < -0.4 is 4.74 Å². The number of esters is 2. The fourth-order valence-corrected chi connectivity index (χ4v) is 1.55. The van der Waals surface area contributed by atoms with E-state index in [2.05, 4.69) is 9.47 Å². The van der Waals surface area contributed by atoms with Gasteiger partial charge < -0.3 is 19.3 Å². The molecule has 0 aliphatic rings. The molecule has 0 radical (unpaired) electrons. The van der Waals surface area contributed by atoms with E-state index >= 15 is 0 Å². The van der Waals surface area contributed by atoms with Gasteiger partial charge in [0.15, 0.2) is 0 Å². The second-order valence-electron chi connectivity index (χ2n) is 3.78. The molecule has 0 fully saturated rings. The number of carbonyl (C=O) groups is 2. The van der Waals surface area contributed by atoms with Crippen molar-refractivity contribution in [2.75, 3.05) is 21.3 Å². The summed E-state index contributed by atoms with van der Waals surface area (Å²) in [7, 11) is 3.79. The topological polar surface area (TPSA) is 82.1 Å². The van der Waals surface area contributed by atoms with Gasteiger partial charge in [0.1, 0.15) is 11.3 Å². The van der Waals surface area contributed by atoms with E-state index in [1.54, 1.807) is 18.2 Å². The smallest absolute Gasteiger partial charge is 0.345 e. The van der Waals surface area contributed by atoms with Crippen LogP contribution in [0.3, 0.4) is 0 Å². The number of hydrogen-bond donors (Lipinski definition) is 1. The molecule has 20 heavy (non-hydrogen) atoms. The Labute approximate surface area is 116 Å². The standard InChI is InChI=1S/C14H16O6/c1-18-12-6-9(8-15)4-5-10(12)7-11(13(16)19-2)14(17)20-3/h4-7,15H,8H2,1-3H3. The van der Waals surface area contributed by atoms with Crippen LogP contribution in [0, 0.1) is 0 Å². The van der Waals surface area contributed by atoms with Crippen LogP contribution in [-0.2, 0) is 25.7 Å². The number of carbonyl (C=O) groups excluding carboxylic acids is 2. The Bertz CT molecular complexity index is 514. The Hall–Kier alpha value is -2.34. The minimum absolute atomic E-state index is 0.138. The molecule has 1 aromatic rings. The number of benzene rings is 1. The lowest BCUT2D eigenvalue weighted by molar-refractivity contribution is -0.143. The summed E-state index contributed by atoms with van der Waals surface area (Å²) in [5, 5.41) is 9.06. The van der Waals surface area contributed by atoms with Crippen LogP contribution in [0.15, 0.2) is 23.8 Å². The van der Waals surface area contributed by atoms with Crippen LogP contribution in [0.2, 0.25) is 0 Å². The zero-order valence-corrected chi connectivity index (χ0v) is 11.5. The summed E-state index contributed by atoms with van der Waals surface area (Å²) in [6, 6.07) is 4.88. The maximum atomic E-state index is 11.6. The summed E-state index contributed by atoms with van der Waals surface area (Å²) < 4.78 is 14.2. The van der Waals surface area contributed by atoms with E-state index in [1.807, 2.05) is 0 Å². The Morgan fingerprint density at radius 1 is 1.15 bits per heavy atom. The van der Waals surface area contributed by atoms with Crippen molar-refractivity contribution >= 4 is 18.0 Å². The summed E-state index contributed by atoms with van der Waals surface area (Å²) in [6.45, 7) is -0.138. The van der Waals surface area contributed by atoms with Crippen molar-refractivity contribution in [1.82, 2.24) is 0 Å². The molecule has 6 nitrogen and oxygen atoms in total. The average Bonchev–Trinajstić information content (AvgIpc) is 2.50. The highest BCUT2D eigenvalue weighted by molar-refractivity contribution is 6.17. The Morgan fingerprint density at radius 2 is 1.75 bits per heavy atom. The molecule has 0 spiro atoms. The van der Waals surface area contributed by atoms with Crippen molar-refractivity contribution in [1.29, 1.82) is 0 Å². The largest absolute Gasteiger partial charge is 0.496 e. The Kier molecular flexibility index (Phi) is 5.74. The molecule has 0 aliphatic carbocycles. The summed E-state index contributed by atoms with van der Waals surface area (Å²) in [5.41, 5.74) is 0.900. The third kappa shape index (κ3) is 3.58. The first-order valence-corrected chi connectivity index (χ1v) is 5.73. The predicted molar refractivity (Wildman–Crippen MR) is 70.9 cm³/mol. The maximum absolute atomic E-state index is 11.6. The van der Waals surface area contributed by atoms with Crippen molar-refractivity contribution in [3.05, 3.63) is 34.9 Å². The SMILES string of the molecule is COC(=O)C(=Cc1ccc(CO)cc1OC)C(=O)OC. The van der Waals surface area contributed by atoms with E-state index in [1.165, 1.54) is 27.4 Å². The third-order valence-electron chi connectivity index (χ3n) is 2.59. The fraction of sp³-hybridized carbons (Fsp3) is 0.286. The highest BCUT2D eigenvalue weighted by Gasteiger charge is 2.20. The zero-order valence-electron chi connectivity index (χ0n) is 11.5. The molecular weight excluding hydrogens is 264 g/mol. The third-order valence-corrected chi connectivity index (χ3v) is 2.59. The van der Waals surface area contributed by atoms with Gasteiger partial charge in [-0.2, -0.15) is 0 Å². The summed E-state index contributed by atoms with van der Waals surface area (Å²) >= 11 is 0. The van der Waals surface area contributed by atoms with Gasteiger partial charge in [0.05, 0.1) is 27.9 Å². The molecule has 0 aromatic heterocycles. The Balaban J connectivity index is 3.29. The maximum Gasteiger partial charge on any atom is 0.345 e. The zero-order chi connectivity index (χ0) is 15.1. The molecule has 0 saturated carbocycles. The first kappa shape index (κ1) is 15.7. The van der Waals surface area contributed by atoms with Crippen LogP contribution in [0.25, 0.3) is 6.08 Å². The number of rotatable bonds is 5. The van der Waals surface area contributed by atoms with Crippen molar-refractivity contribution in [3.63, 3.8) is 0 Å². The van der Waals surface area contributed by atoms with Gasteiger partial charge >= 0.3 is 11.9 Å². The fourth-order valence-electron chi connectivity index (χ4n) is 1.55. The van der Waals surface area contributed by atoms with Crippen molar-refractivity contribution in [2.24, 2.45) is 0 Å².